The van der Waals surface area contributed by atoms with E-state index in [4.69, 9.17) is 9.47 Å². The van der Waals surface area contributed by atoms with E-state index in [1.54, 1.807) is 13.4 Å². The van der Waals surface area contributed by atoms with Crippen molar-refractivity contribution in [3.63, 3.8) is 0 Å². The van der Waals surface area contributed by atoms with E-state index in [0.29, 0.717) is 13.2 Å². The molecule has 0 atom stereocenters. The number of aryl methyl sites for hydroxylation is 1. The van der Waals surface area contributed by atoms with Crippen LogP contribution in [0.4, 0.5) is 0 Å². The summed E-state index contributed by atoms with van der Waals surface area (Å²) >= 11 is 0. The monoisotopic (exact) mass is 242 g/mol. The maximum absolute atomic E-state index is 5.37. The number of rotatable bonds is 10. The van der Waals surface area contributed by atoms with Gasteiger partial charge in [-0.05, 0) is 19.4 Å². The van der Waals surface area contributed by atoms with Crippen LogP contribution in [0, 0.1) is 0 Å². The molecule has 6 nitrogen and oxygen atoms in total. The first-order valence-electron chi connectivity index (χ1n) is 5.95. The van der Waals surface area contributed by atoms with Gasteiger partial charge in [0, 0.05) is 20.8 Å². The highest BCUT2D eigenvalue weighted by Crippen LogP contribution is 1.92. The van der Waals surface area contributed by atoms with Gasteiger partial charge in [-0.3, -0.25) is 0 Å². The number of unbranched alkanes of at least 4 members (excludes halogenated alkanes) is 1. The Kier molecular flexibility index (Phi) is 7.53. The molecule has 0 saturated heterocycles. The Balaban J connectivity index is 1.86. The van der Waals surface area contributed by atoms with Crippen LogP contribution in [0.3, 0.4) is 0 Å². The van der Waals surface area contributed by atoms with Gasteiger partial charge in [0.25, 0.3) is 0 Å². The standard InChI is InChI=1S/C11H22N4O2/c1-15-10-13-14-11(15)9-12-5-3-4-6-17-8-7-16-2/h10,12H,3-9H2,1-2H3. The van der Waals surface area contributed by atoms with Crippen LogP contribution in [0.25, 0.3) is 0 Å². The summed E-state index contributed by atoms with van der Waals surface area (Å²) in [5.41, 5.74) is 0. The molecule has 0 amide bonds. The fourth-order valence-corrected chi connectivity index (χ4v) is 1.37. The lowest BCUT2D eigenvalue weighted by atomic mass is 10.3. The Morgan fingerprint density at radius 2 is 2.18 bits per heavy atom. The molecule has 0 fully saturated rings. The molecule has 17 heavy (non-hydrogen) atoms. The fraction of sp³-hybridized carbons (Fsp3) is 0.818. The second-order valence-corrected chi connectivity index (χ2v) is 3.85. The van der Waals surface area contributed by atoms with Crippen LogP contribution in [0.5, 0.6) is 0 Å². The molecule has 0 aliphatic carbocycles. The summed E-state index contributed by atoms with van der Waals surface area (Å²) < 4.78 is 12.2. The van der Waals surface area contributed by atoms with Crippen LogP contribution in [-0.4, -0.2) is 48.2 Å². The molecule has 98 valence electrons. The van der Waals surface area contributed by atoms with E-state index in [2.05, 4.69) is 15.5 Å². The molecule has 0 bridgehead atoms. The number of ether oxygens (including phenoxy) is 2. The maximum atomic E-state index is 5.37. The summed E-state index contributed by atoms with van der Waals surface area (Å²) in [5.74, 6) is 0.960. The second-order valence-electron chi connectivity index (χ2n) is 3.85. The van der Waals surface area contributed by atoms with Gasteiger partial charge in [-0.25, -0.2) is 0 Å². The van der Waals surface area contributed by atoms with Gasteiger partial charge in [-0.1, -0.05) is 0 Å². The third-order valence-corrected chi connectivity index (χ3v) is 2.41. The first-order chi connectivity index (χ1) is 8.34. The number of methoxy groups -OCH3 is 1. The summed E-state index contributed by atoms with van der Waals surface area (Å²) in [6.45, 7) is 3.89. The Bertz CT molecular complexity index is 291. The van der Waals surface area contributed by atoms with Crippen molar-refractivity contribution >= 4 is 0 Å². The minimum Gasteiger partial charge on any atom is -0.382 e. The number of nitrogens with zero attached hydrogens (tertiary/aromatic N) is 3. The average molecular weight is 242 g/mol. The molecule has 1 N–H and O–H groups in total. The van der Waals surface area contributed by atoms with Gasteiger partial charge in [0.05, 0.1) is 19.8 Å². The summed E-state index contributed by atoms with van der Waals surface area (Å²) in [7, 11) is 3.63. The Morgan fingerprint density at radius 1 is 1.29 bits per heavy atom. The van der Waals surface area contributed by atoms with Crippen molar-refractivity contribution in [1.29, 1.82) is 0 Å². The number of hydrogen-bond donors (Lipinski definition) is 1. The largest absolute Gasteiger partial charge is 0.382 e. The summed E-state index contributed by atoms with van der Waals surface area (Å²) in [4.78, 5) is 0. The first-order valence-corrected chi connectivity index (χ1v) is 5.95. The molecule has 0 aromatic carbocycles. The van der Waals surface area contributed by atoms with Gasteiger partial charge in [0.1, 0.15) is 12.2 Å². The van der Waals surface area contributed by atoms with Crippen LogP contribution in [-0.2, 0) is 23.1 Å². The van der Waals surface area contributed by atoms with Gasteiger partial charge in [0.2, 0.25) is 0 Å². The van der Waals surface area contributed by atoms with Crippen LogP contribution < -0.4 is 5.32 Å². The highest BCUT2D eigenvalue weighted by Gasteiger charge is 1.98. The highest BCUT2D eigenvalue weighted by molar-refractivity contribution is 4.82. The lowest BCUT2D eigenvalue weighted by Gasteiger charge is -2.05. The number of aromatic nitrogens is 3. The third-order valence-electron chi connectivity index (χ3n) is 2.41. The zero-order valence-electron chi connectivity index (χ0n) is 10.7. The third kappa shape index (κ3) is 6.35. The van der Waals surface area contributed by atoms with Gasteiger partial charge in [-0.15, -0.1) is 10.2 Å². The molecule has 1 aromatic heterocycles. The van der Waals surface area contributed by atoms with Gasteiger partial charge < -0.3 is 19.4 Å². The van der Waals surface area contributed by atoms with Crippen molar-refractivity contribution in [2.75, 3.05) is 33.5 Å². The minimum atomic E-state index is 0.671. The van der Waals surface area contributed by atoms with Crippen LogP contribution in [0.2, 0.25) is 0 Å². The normalized spacial score (nSPS) is 10.9. The van der Waals surface area contributed by atoms with E-state index < -0.39 is 0 Å². The van der Waals surface area contributed by atoms with E-state index in [9.17, 15) is 0 Å². The molecule has 0 aliphatic rings. The quantitative estimate of drug-likeness (QED) is 0.600. The topological polar surface area (TPSA) is 61.2 Å². The van der Waals surface area contributed by atoms with E-state index >= 15 is 0 Å². The Hall–Kier alpha value is -0.980. The minimum absolute atomic E-state index is 0.671. The lowest BCUT2D eigenvalue weighted by molar-refractivity contribution is 0.0688. The summed E-state index contributed by atoms with van der Waals surface area (Å²) in [6, 6.07) is 0. The molecule has 0 aliphatic heterocycles. The molecule has 0 saturated carbocycles. The Morgan fingerprint density at radius 3 is 2.88 bits per heavy atom. The van der Waals surface area contributed by atoms with Crippen molar-refractivity contribution in [2.45, 2.75) is 19.4 Å². The van der Waals surface area contributed by atoms with E-state index in [1.807, 2.05) is 11.6 Å². The molecule has 0 radical (unpaired) electrons. The van der Waals surface area contributed by atoms with Gasteiger partial charge in [-0.2, -0.15) is 0 Å². The SMILES string of the molecule is COCCOCCCCNCc1nncn1C. The predicted octanol–water partition coefficient (Wildman–Crippen LogP) is 0.348. The number of hydrogen-bond acceptors (Lipinski definition) is 5. The predicted molar refractivity (Wildman–Crippen MR) is 64.6 cm³/mol. The van der Waals surface area contributed by atoms with E-state index in [1.165, 1.54) is 0 Å². The summed E-state index contributed by atoms with van der Waals surface area (Å²) in [6.07, 6.45) is 3.88. The molecule has 0 spiro atoms. The van der Waals surface area contributed by atoms with Crippen molar-refractivity contribution in [2.24, 2.45) is 7.05 Å². The molecule has 0 unspecified atom stereocenters. The van der Waals surface area contributed by atoms with E-state index in [0.717, 1.165) is 38.4 Å². The highest BCUT2D eigenvalue weighted by atomic mass is 16.5. The summed E-state index contributed by atoms with van der Waals surface area (Å²) in [5, 5.41) is 11.1. The smallest absolute Gasteiger partial charge is 0.146 e. The molecular formula is C11H22N4O2. The first kappa shape index (κ1) is 14.1. The van der Waals surface area contributed by atoms with Crippen molar-refractivity contribution in [3.8, 4) is 0 Å². The lowest BCUT2D eigenvalue weighted by Crippen LogP contribution is -2.17. The fourth-order valence-electron chi connectivity index (χ4n) is 1.37. The average Bonchev–Trinajstić information content (AvgIpc) is 2.73. The van der Waals surface area contributed by atoms with E-state index in [-0.39, 0.29) is 0 Å². The number of nitrogens with one attached hydrogen (secondary N) is 1. The zero-order valence-corrected chi connectivity index (χ0v) is 10.7. The molecule has 1 aromatic rings. The molecular weight excluding hydrogens is 220 g/mol. The van der Waals surface area contributed by atoms with Gasteiger partial charge >= 0.3 is 0 Å². The second kappa shape index (κ2) is 9.09. The zero-order chi connectivity index (χ0) is 12.3. The molecule has 1 heterocycles. The van der Waals surface area contributed by atoms with Gasteiger partial charge in [0.15, 0.2) is 0 Å². The van der Waals surface area contributed by atoms with Crippen molar-refractivity contribution in [1.82, 2.24) is 20.1 Å². The molecule has 1 rings (SSSR count). The van der Waals surface area contributed by atoms with Crippen molar-refractivity contribution < 1.29 is 9.47 Å². The maximum Gasteiger partial charge on any atom is 0.146 e. The van der Waals surface area contributed by atoms with Crippen LogP contribution in [0.15, 0.2) is 6.33 Å². The molecule has 6 heteroatoms. The van der Waals surface area contributed by atoms with Crippen LogP contribution >= 0.6 is 0 Å². The van der Waals surface area contributed by atoms with Crippen LogP contribution in [0.1, 0.15) is 18.7 Å². The Labute approximate surface area is 102 Å². The van der Waals surface area contributed by atoms with Crippen molar-refractivity contribution in [3.05, 3.63) is 12.2 Å².